The van der Waals surface area contributed by atoms with Crippen molar-refractivity contribution in [3.63, 3.8) is 0 Å². The third kappa shape index (κ3) is 2.54. The van der Waals surface area contributed by atoms with Gasteiger partial charge < -0.3 is 4.98 Å². The average molecular weight is 390 g/mol. The lowest BCUT2D eigenvalue weighted by molar-refractivity contribution is 0.601. The zero-order valence-electron chi connectivity index (χ0n) is 13.8. The van der Waals surface area contributed by atoms with Gasteiger partial charge in [0.2, 0.25) is 0 Å². The molecule has 0 atom stereocenters. The average Bonchev–Trinajstić information content (AvgIpc) is 3.07. The van der Waals surface area contributed by atoms with Gasteiger partial charge in [0, 0.05) is 14.1 Å². The van der Waals surface area contributed by atoms with E-state index in [0.29, 0.717) is 26.9 Å². The second kappa shape index (κ2) is 5.58. The fourth-order valence-electron chi connectivity index (χ4n) is 2.88. The van der Waals surface area contributed by atoms with E-state index in [1.807, 2.05) is 0 Å². The van der Waals surface area contributed by atoms with Gasteiger partial charge in [-0.05, 0) is 36.4 Å². The number of hydrogen-bond donors (Lipinski definition) is 2. The van der Waals surface area contributed by atoms with Crippen molar-refractivity contribution < 1.29 is 8.42 Å². The van der Waals surface area contributed by atoms with Crippen LogP contribution in [-0.4, -0.2) is 22.5 Å². The number of imidazole rings is 1. The molecule has 0 saturated heterocycles. The lowest BCUT2D eigenvalue weighted by Crippen LogP contribution is -2.19. The number of aromatic amines is 1. The summed E-state index contributed by atoms with van der Waals surface area (Å²) in [4.78, 5) is 25.9. The molecule has 134 valence electrons. The Morgan fingerprint density at radius 2 is 1.73 bits per heavy atom. The molecule has 10 heteroatoms. The summed E-state index contributed by atoms with van der Waals surface area (Å²) in [5.41, 5.74) is 1.96. The number of aromatic nitrogens is 3. The Labute approximate surface area is 151 Å². The van der Waals surface area contributed by atoms with E-state index in [2.05, 4.69) is 9.71 Å². The van der Waals surface area contributed by atoms with Crippen molar-refractivity contribution in [3.8, 4) is 0 Å². The summed E-state index contributed by atoms with van der Waals surface area (Å²) >= 11 is 1.01. The SMILES string of the molecule is Cn1c(=O)n(C)c2cc(S(=O)(=O)Nc3ccc4[nH]c(=O)sc4c3)ccc21. The van der Waals surface area contributed by atoms with Gasteiger partial charge >= 0.3 is 10.6 Å². The molecule has 26 heavy (non-hydrogen) atoms. The van der Waals surface area contributed by atoms with Gasteiger partial charge in [0.25, 0.3) is 10.0 Å². The molecule has 0 saturated carbocycles. The molecule has 2 aromatic carbocycles. The van der Waals surface area contributed by atoms with Crippen molar-refractivity contribution in [2.45, 2.75) is 4.90 Å². The van der Waals surface area contributed by atoms with Crippen LogP contribution >= 0.6 is 11.3 Å². The summed E-state index contributed by atoms with van der Waals surface area (Å²) in [5, 5.41) is 0. The van der Waals surface area contributed by atoms with Crippen molar-refractivity contribution in [2.75, 3.05) is 4.72 Å². The molecule has 0 aliphatic carbocycles. The number of nitrogens with zero attached hydrogens (tertiary/aromatic N) is 2. The smallest absolute Gasteiger partial charge is 0.312 e. The Hall–Kier alpha value is -2.85. The molecule has 0 aliphatic heterocycles. The quantitative estimate of drug-likeness (QED) is 0.554. The fourth-order valence-corrected chi connectivity index (χ4v) is 4.72. The molecule has 8 nitrogen and oxygen atoms in total. The minimum atomic E-state index is -3.85. The minimum absolute atomic E-state index is 0.0496. The first-order chi connectivity index (χ1) is 12.3. The molecule has 0 radical (unpaired) electrons. The van der Waals surface area contributed by atoms with Crippen LogP contribution in [0.2, 0.25) is 0 Å². The van der Waals surface area contributed by atoms with Crippen LogP contribution in [0, 0.1) is 0 Å². The van der Waals surface area contributed by atoms with Gasteiger partial charge in [-0.1, -0.05) is 11.3 Å². The zero-order valence-corrected chi connectivity index (χ0v) is 15.4. The van der Waals surface area contributed by atoms with E-state index in [9.17, 15) is 18.0 Å². The Morgan fingerprint density at radius 3 is 2.50 bits per heavy atom. The van der Waals surface area contributed by atoms with Crippen LogP contribution in [0.1, 0.15) is 0 Å². The van der Waals surface area contributed by atoms with Gasteiger partial charge in [0.05, 0.1) is 31.8 Å². The Kier molecular flexibility index (Phi) is 3.56. The van der Waals surface area contributed by atoms with Crippen LogP contribution in [0.25, 0.3) is 21.3 Å². The van der Waals surface area contributed by atoms with Crippen LogP contribution < -0.4 is 15.3 Å². The topological polar surface area (TPSA) is 106 Å². The predicted octanol–water partition coefficient (Wildman–Crippen LogP) is 1.58. The van der Waals surface area contributed by atoms with Crippen LogP contribution in [0.3, 0.4) is 0 Å². The summed E-state index contributed by atoms with van der Waals surface area (Å²) in [6.45, 7) is 0. The number of H-pyrrole nitrogens is 1. The fraction of sp³-hybridized carbons (Fsp3) is 0.125. The van der Waals surface area contributed by atoms with E-state index < -0.39 is 10.0 Å². The summed E-state index contributed by atoms with van der Waals surface area (Å²) in [6.07, 6.45) is 0. The van der Waals surface area contributed by atoms with Gasteiger partial charge in [-0.2, -0.15) is 0 Å². The van der Waals surface area contributed by atoms with E-state index in [-0.39, 0.29) is 15.5 Å². The first-order valence-corrected chi connectivity index (χ1v) is 9.87. The van der Waals surface area contributed by atoms with E-state index in [4.69, 9.17) is 0 Å². The van der Waals surface area contributed by atoms with Crippen molar-refractivity contribution in [3.05, 3.63) is 56.5 Å². The molecule has 0 unspecified atom stereocenters. The van der Waals surface area contributed by atoms with E-state index in [1.54, 1.807) is 38.4 Å². The highest BCUT2D eigenvalue weighted by Crippen LogP contribution is 2.24. The van der Waals surface area contributed by atoms with Crippen molar-refractivity contribution in [2.24, 2.45) is 14.1 Å². The largest absolute Gasteiger partial charge is 0.328 e. The Bertz CT molecular complexity index is 1390. The minimum Gasteiger partial charge on any atom is -0.312 e. The Morgan fingerprint density at radius 1 is 1.00 bits per heavy atom. The first-order valence-electron chi connectivity index (χ1n) is 7.57. The van der Waals surface area contributed by atoms with E-state index in [0.717, 1.165) is 11.3 Å². The van der Waals surface area contributed by atoms with Crippen LogP contribution in [0.5, 0.6) is 0 Å². The number of sulfonamides is 1. The molecule has 0 amide bonds. The normalized spacial score (nSPS) is 12.1. The molecular formula is C16H14N4O4S2. The molecule has 2 aromatic heterocycles. The molecule has 0 bridgehead atoms. The van der Waals surface area contributed by atoms with Gasteiger partial charge in [-0.3, -0.25) is 18.7 Å². The van der Waals surface area contributed by atoms with E-state index >= 15 is 0 Å². The summed E-state index contributed by atoms with van der Waals surface area (Å²) < 4.78 is 31.5. The molecule has 4 aromatic rings. The van der Waals surface area contributed by atoms with Crippen LogP contribution in [0.4, 0.5) is 5.69 Å². The summed E-state index contributed by atoms with van der Waals surface area (Å²) in [6, 6.07) is 9.36. The standard InChI is InChI=1S/C16H14N4O4S2/c1-19-12-6-4-10(8-13(12)20(2)16(19)22)26(23,24)18-9-3-5-11-14(7-9)25-15(21)17-11/h3-8,18H,1-2H3,(H,17,21). The number of benzene rings is 2. The van der Waals surface area contributed by atoms with Gasteiger partial charge in [0.1, 0.15) is 0 Å². The number of rotatable bonds is 3. The summed E-state index contributed by atoms with van der Waals surface area (Å²) in [5.74, 6) is 0. The maximum atomic E-state index is 12.7. The van der Waals surface area contributed by atoms with Gasteiger partial charge in [0.15, 0.2) is 0 Å². The highest BCUT2D eigenvalue weighted by atomic mass is 32.2. The molecule has 0 spiro atoms. The number of aryl methyl sites for hydroxylation is 2. The van der Waals surface area contributed by atoms with Crippen LogP contribution in [-0.2, 0) is 24.1 Å². The summed E-state index contributed by atoms with van der Waals surface area (Å²) in [7, 11) is -0.618. The second-order valence-electron chi connectivity index (χ2n) is 5.88. The maximum absolute atomic E-state index is 12.7. The lowest BCUT2D eigenvalue weighted by Gasteiger charge is -2.08. The van der Waals surface area contributed by atoms with Crippen molar-refractivity contribution in [1.82, 2.24) is 14.1 Å². The number of nitrogens with one attached hydrogen (secondary N) is 2. The van der Waals surface area contributed by atoms with Gasteiger partial charge in [-0.15, -0.1) is 0 Å². The highest BCUT2D eigenvalue weighted by Gasteiger charge is 2.17. The first kappa shape index (κ1) is 16.6. The number of fused-ring (bicyclic) bond motifs is 2. The molecule has 0 fully saturated rings. The van der Waals surface area contributed by atoms with E-state index in [1.165, 1.54) is 21.3 Å². The third-order valence-electron chi connectivity index (χ3n) is 4.23. The molecular weight excluding hydrogens is 376 g/mol. The molecule has 4 rings (SSSR count). The monoisotopic (exact) mass is 390 g/mol. The second-order valence-corrected chi connectivity index (χ2v) is 8.58. The Balaban J connectivity index is 1.77. The number of hydrogen-bond acceptors (Lipinski definition) is 5. The lowest BCUT2D eigenvalue weighted by atomic mass is 10.3. The van der Waals surface area contributed by atoms with Crippen LogP contribution in [0.15, 0.2) is 50.9 Å². The predicted molar refractivity (Wildman–Crippen MR) is 101 cm³/mol. The number of thiazole rings is 1. The maximum Gasteiger partial charge on any atom is 0.328 e. The molecule has 2 N–H and O–H groups in total. The van der Waals surface area contributed by atoms with Gasteiger partial charge in [-0.25, -0.2) is 13.2 Å². The van der Waals surface area contributed by atoms with Crippen molar-refractivity contribution >= 4 is 48.3 Å². The van der Waals surface area contributed by atoms with Crippen molar-refractivity contribution in [1.29, 1.82) is 0 Å². The molecule has 2 heterocycles. The molecule has 0 aliphatic rings. The third-order valence-corrected chi connectivity index (χ3v) is 6.45. The number of anilines is 1. The zero-order chi connectivity index (χ0) is 18.6. The highest BCUT2D eigenvalue weighted by molar-refractivity contribution is 7.92.